The van der Waals surface area contributed by atoms with Crippen molar-refractivity contribution in [2.45, 2.75) is 19.8 Å². The second-order valence-electron chi connectivity index (χ2n) is 5.04. The summed E-state index contributed by atoms with van der Waals surface area (Å²) in [6, 6.07) is 0. The van der Waals surface area contributed by atoms with Crippen molar-refractivity contribution in [3.8, 4) is 0 Å². The van der Waals surface area contributed by atoms with Gasteiger partial charge in [-0.15, -0.1) is 10.2 Å². The number of fused-ring (bicyclic) bond motifs is 1. The lowest BCUT2D eigenvalue weighted by molar-refractivity contribution is 0.374. The van der Waals surface area contributed by atoms with Crippen LogP contribution in [0.15, 0.2) is 18.7 Å². The van der Waals surface area contributed by atoms with E-state index < -0.39 is 0 Å². The predicted octanol–water partition coefficient (Wildman–Crippen LogP) is 0.950. The quantitative estimate of drug-likeness (QED) is 0.887. The van der Waals surface area contributed by atoms with Crippen molar-refractivity contribution in [3.63, 3.8) is 0 Å². The zero-order valence-electron chi connectivity index (χ0n) is 11.3. The highest BCUT2D eigenvalue weighted by molar-refractivity contribution is 5.63. The molecule has 1 aliphatic heterocycles. The van der Waals surface area contributed by atoms with Crippen LogP contribution in [0.5, 0.6) is 0 Å². The van der Waals surface area contributed by atoms with Crippen LogP contribution in [-0.2, 0) is 0 Å². The van der Waals surface area contributed by atoms with E-state index in [1.54, 1.807) is 6.33 Å². The molecule has 0 unspecified atom stereocenters. The number of hydrogen-bond acceptors (Lipinski definition) is 5. The Kier molecular flexibility index (Phi) is 3.59. The van der Waals surface area contributed by atoms with Gasteiger partial charge in [0.25, 0.3) is 0 Å². The van der Waals surface area contributed by atoms with E-state index in [-0.39, 0.29) is 0 Å². The molecule has 1 aliphatic rings. The summed E-state index contributed by atoms with van der Waals surface area (Å²) in [5.74, 6) is 1.69. The number of rotatable bonds is 4. The number of nitrogens with one attached hydrogen (secondary N) is 1. The molecule has 6 nitrogen and oxygen atoms in total. The van der Waals surface area contributed by atoms with Gasteiger partial charge in [-0.3, -0.25) is 4.40 Å². The average molecular weight is 260 g/mol. The molecule has 0 bridgehead atoms. The van der Waals surface area contributed by atoms with E-state index in [1.165, 1.54) is 12.8 Å². The summed E-state index contributed by atoms with van der Waals surface area (Å²) in [7, 11) is 0. The van der Waals surface area contributed by atoms with Crippen molar-refractivity contribution in [2.75, 3.05) is 31.1 Å². The van der Waals surface area contributed by atoms with Crippen molar-refractivity contribution < 1.29 is 0 Å². The molecule has 3 heterocycles. The number of nitrogens with zero attached hydrogens (tertiary/aromatic N) is 5. The second kappa shape index (κ2) is 5.52. The maximum atomic E-state index is 4.50. The molecular weight excluding hydrogens is 240 g/mol. The standard InChI is InChI=1S/C13H20N6/c1-2-18(9-11-3-5-14-6-4-11)12-13-17-16-10-19(13)8-7-15-12/h7-8,10-11,14H,2-6,9H2,1H3. The minimum absolute atomic E-state index is 0.742. The molecule has 1 fully saturated rings. The van der Waals surface area contributed by atoms with Crippen LogP contribution in [0, 0.1) is 5.92 Å². The lowest BCUT2D eigenvalue weighted by Gasteiger charge is -2.30. The van der Waals surface area contributed by atoms with E-state index in [2.05, 4.69) is 32.3 Å². The molecule has 0 saturated carbocycles. The largest absolute Gasteiger partial charge is 0.353 e. The van der Waals surface area contributed by atoms with Gasteiger partial charge in [-0.25, -0.2) is 4.98 Å². The predicted molar refractivity (Wildman–Crippen MR) is 74.3 cm³/mol. The summed E-state index contributed by atoms with van der Waals surface area (Å²) in [5, 5.41) is 11.5. The molecule has 0 spiro atoms. The van der Waals surface area contributed by atoms with Crippen molar-refractivity contribution in [1.82, 2.24) is 24.9 Å². The van der Waals surface area contributed by atoms with Gasteiger partial charge in [0.15, 0.2) is 5.82 Å². The maximum absolute atomic E-state index is 4.50. The molecular formula is C13H20N6. The van der Waals surface area contributed by atoms with E-state index in [1.807, 2.05) is 16.8 Å². The highest BCUT2D eigenvalue weighted by Gasteiger charge is 2.19. The monoisotopic (exact) mass is 260 g/mol. The van der Waals surface area contributed by atoms with Crippen LogP contribution in [0.25, 0.3) is 5.65 Å². The van der Waals surface area contributed by atoms with E-state index in [4.69, 9.17) is 0 Å². The molecule has 3 rings (SSSR count). The van der Waals surface area contributed by atoms with Gasteiger partial charge in [0.05, 0.1) is 0 Å². The Balaban J connectivity index is 1.82. The maximum Gasteiger partial charge on any atom is 0.203 e. The lowest BCUT2D eigenvalue weighted by atomic mass is 9.97. The van der Waals surface area contributed by atoms with Gasteiger partial charge in [0.2, 0.25) is 5.65 Å². The molecule has 0 aliphatic carbocycles. The Morgan fingerprint density at radius 3 is 3.05 bits per heavy atom. The minimum Gasteiger partial charge on any atom is -0.353 e. The third-order valence-electron chi connectivity index (χ3n) is 3.82. The summed E-state index contributed by atoms with van der Waals surface area (Å²) in [6.07, 6.45) is 7.91. The fourth-order valence-electron chi connectivity index (χ4n) is 2.71. The molecule has 6 heteroatoms. The highest BCUT2D eigenvalue weighted by atomic mass is 15.3. The van der Waals surface area contributed by atoms with Gasteiger partial charge < -0.3 is 10.2 Å². The van der Waals surface area contributed by atoms with Crippen LogP contribution in [-0.4, -0.2) is 45.8 Å². The fraction of sp³-hybridized carbons (Fsp3) is 0.615. The van der Waals surface area contributed by atoms with Crippen LogP contribution in [0.2, 0.25) is 0 Å². The van der Waals surface area contributed by atoms with Crippen molar-refractivity contribution >= 4 is 11.5 Å². The fourth-order valence-corrected chi connectivity index (χ4v) is 2.71. The van der Waals surface area contributed by atoms with E-state index >= 15 is 0 Å². The zero-order valence-corrected chi connectivity index (χ0v) is 11.3. The first kappa shape index (κ1) is 12.3. The van der Waals surface area contributed by atoms with Crippen LogP contribution >= 0.6 is 0 Å². The first-order valence-corrected chi connectivity index (χ1v) is 6.98. The van der Waals surface area contributed by atoms with Crippen molar-refractivity contribution in [2.24, 2.45) is 5.92 Å². The molecule has 1 saturated heterocycles. The summed E-state index contributed by atoms with van der Waals surface area (Å²) in [6.45, 7) is 6.43. The third-order valence-corrected chi connectivity index (χ3v) is 3.82. The highest BCUT2D eigenvalue weighted by Crippen LogP contribution is 2.20. The van der Waals surface area contributed by atoms with E-state index in [0.29, 0.717) is 0 Å². The summed E-state index contributed by atoms with van der Waals surface area (Å²) >= 11 is 0. The van der Waals surface area contributed by atoms with Crippen LogP contribution in [0.4, 0.5) is 5.82 Å². The summed E-state index contributed by atoms with van der Waals surface area (Å²) in [5.41, 5.74) is 0.846. The number of anilines is 1. The Morgan fingerprint density at radius 1 is 1.42 bits per heavy atom. The van der Waals surface area contributed by atoms with E-state index in [9.17, 15) is 0 Å². The van der Waals surface area contributed by atoms with Crippen LogP contribution < -0.4 is 10.2 Å². The van der Waals surface area contributed by atoms with Gasteiger partial charge >= 0.3 is 0 Å². The summed E-state index contributed by atoms with van der Waals surface area (Å²) in [4.78, 5) is 6.82. The number of hydrogen-bond donors (Lipinski definition) is 1. The van der Waals surface area contributed by atoms with Crippen LogP contribution in [0.1, 0.15) is 19.8 Å². The first-order chi connectivity index (χ1) is 9.38. The Morgan fingerprint density at radius 2 is 2.26 bits per heavy atom. The average Bonchev–Trinajstić information content (AvgIpc) is 2.94. The Bertz CT molecular complexity index is 531. The Hall–Kier alpha value is -1.69. The number of piperidine rings is 1. The molecule has 19 heavy (non-hydrogen) atoms. The molecule has 0 atom stereocenters. The van der Waals surface area contributed by atoms with Crippen LogP contribution in [0.3, 0.4) is 0 Å². The molecule has 2 aromatic rings. The van der Waals surface area contributed by atoms with Gasteiger partial charge in [0.1, 0.15) is 6.33 Å². The molecule has 102 valence electrons. The molecule has 1 N–H and O–H groups in total. The zero-order chi connectivity index (χ0) is 13.1. The summed E-state index contributed by atoms with van der Waals surface area (Å²) < 4.78 is 1.92. The van der Waals surface area contributed by atoms with Gasteiger partial charge in [0, 0.05) is 25.5 Å². The Labute approximate surface area is 112 Å². The minimum atomic E-state index is 0.742. The smallest absolute Gasteiger partial charge is 0.203 e. The van der Waals surface area contributed by atoms with Gasteiger partial charge in [-0.1, -0.05) is 0 Å². The second-order valence-corrected chi connectivity index (χ2v) is 5.04. The third kappa shape index (κ3) is 2.53. The van der Waals surface area contributed by atoms with Crippen molar-refractivity contribution in [3.05, 3.63) is 18.7 Å². The first-order valence-electron chi connectivity index (χ1n) is 6.98. The SMILES string of the molecule is CCN(CC1CCNCC1)c1nccn2cnnc12. The van der Waals surface area contributed by atoms with Gasteiger partial charge in [-0.2, -0.15) is 0 Å². The van der Waals surface area contributed by atoms with Gasteiger partial charge in [-0.05, 0) is 38.8 Å². The molecule has 0 radical (unpaired) electrons. The molecule has 2 aromatic heterocycles. The van der Waals surface area contributed by atoms with E-state index in [0.717, 1.165) is 43.6 Å². The molecule has 0 aromatic carbocycles. The lowest BCUT2D eigenvalue weighted by Crippen LogP contribution is -2.36. The van der Waals surface area contributed by atoms with Crippen molar-refractivity contribution in [1.29, 1.82) is 0 Å². The molecule has 0 amide bonds. The topological polar surface area (TPSA) is 58.4 Å². The number of aromatic nitrogens is 4. The normalized spacial score (nSPS) is 16.9.